The molecule has 23 heavy (non-hydrogen) atoms. The van der Waals surface area contributed by atoms with E-state index in [1.807, 2.05) is 42.5 Å². The van der Waals surface area contributed by atoms with E-state index in [2.05, 4.69) is 10.3 Å². The van der Waals surface area contributed by atoms with Gasteiger partial charge < -0.3 is 10.1 Å². The number of halogens is 1. The number of carbonyl (C=O) groups is 1. The number of methoxy groups -OCH3 is 1. The molecule has 116 valence electrons. The summed E-state index contributed by atoms with van der Waals surface area (Å²) in [5, 5.41) is 4.54. The van der Waals surface area contributed by atoms with Gasteiger partial charge in [-0.2, -0.15) is 0 Å². The first-order valence-corrected chi connectivity index (χ1v) is 8.04. The first-order chi connectivity index (χ1) is 11.2. The Labute approximate surface area is 142 Å². The first-order valence-electron chi connectivity index (χ1n) is 6.84. The van der Waals surface area contributed by atoms with Crippen LogP contribution in [0.2, 0.25) is 5.02 Å². The summed E-state index contributed by atoms with van der Waals surface area (Å²) in [4.78, 5) is 17.0. The zero-order chi connectivity index (χ0) is 16.2. The minimum Gasteiger partial charge on any atom is -0.465 e. The first kappa shape index (κ1) is 15.5. The minimum absolute atomic E-state index is 0.416. The highest BCUT2D eigenvalue weighted by Gasteiger charge is 2.19. The van der Waals surface area contributed by atoms with Crippen molar-refractivity contribution in [2.45, 2.75) is 0 Å². The molecule has 1 aromatic heterocycles. The Morgan fingerprint density at radius 1 is 1.13 bits per heavy atom. The van der Waals surface area contributed by atoms with E-state index in [-0.39, 0.29) is 0 Å². The molecular weight excluding hydrogens is 332 g/mol. The molecule has 0 spiro atoms. The van der Waals surface area contributed by atoms with E-state index in [1.165, 1.54) is 18.4 Å². The van der Waals surface area contributed by atoms with Crippen molar-refractivity contribution in [3.8, 4) is 10.6 Å². The maximum absolute atomic E-state index is 12.0. The van der Waals surface area contributed by atoms with Crippen LogP contribution in [0.4, 0.5) is 11.5 Å². The fourth-order valence-corrected chi connectivity index (χ4v) is 3.08. The lowest BCUT2D eigenvalue weighted by Crippen LogP contribution is -2.02. The van der Waals surface area contributed by atoms with E-state index in [1.54, 1.807) is 12.1 Å². The second kappa shape index (κ2) is 6.81. The fraction of sp³-hybridized carbons (Fsp3) is 0.0588. The number of nitrogens with one attached hydrogen (secondary N) is 1. The van der Waals surface area contributed by atoms with Crippen molar-refractivity contribution in [2.75, 3.05) is 12.4 Å². The Hall–Kier alpha value is -2.37. The van der Waals surface area contributed by atoms with Crippen molar-refractivity contribution in [1.29, 1.82) is 0 Å². The topological polar surface area (TPSA) is 51.2 Å². The Balaban J connectivity index is 1.98. The number of rotatable bonds is 4. The van der Waals surface area contributed by atoms with Gasteiger partial charge in [-0.25, -0.2) is 9.78 Å². The van der Waals surface area contributed by atoms with Crippen molar-refractivity contribution in [1.82, 2.24) is 4.98 Å². The highest BCUT2D eigenvalue weighted by molar-refractivity contribution is 7.17. The van der Waals surface area contributed by atoms with Gasteiger partial charge in [-0.05, 0) is 24.3 Å². The third-order valence-electron chi connectivity index (χ3n) is 3.13. The molecule has 0 aliphatic heterocycles. The highest BCUT2D eigenvalue weighted by Crippen LogP contribution is 2.33. The number of nitrogens with zero attached hydrogens (tertiary/aromatic N) is 1. The van der Waals surface area contributed by atoms with Crippen LogP contribution in [0.5, 0.6) is 0 Å². The smallest absolute Gasteiger partial charge is 0.351 e. The minimum atomic E-state index is -0.416. The Bertz CT molecular complexity index is 816. The maximum atomic E-state index is 12.0. The van der Waals surface area contributed by atoms with Crippen molar-refractivity contribution in [2.24, 2.45) is 0 Å². The molecule has 3 rings (SSSR count). The van der Waals surface area contributed by atoms with Gasteiger partial charge in [0.2, 0.25) is 0 Å². The van der Waals surface area contributed by atoms with Crippen LogP contribution in [0, 0.1) is 0 Å². The molecule has 0 aliphatic rings. The second-order valence-electron chi connectivity index (χ2n) is 4.69. The van der Waals surface area contributed by atoms with Crippen molar-refractivity contribution in [3.63, 3.8) is 0 Å². The van der Waals surface area contributed by atoms with Gasteiger partial charge in [-0.15, -0.1) is 11.3 Å². The van der Waals surface area contributed by atoms with E-state index >= 15 is 0 Å². The normalized spacial score (nSPS) is 10.3. The lowest BCUT2D eigenvalue weighted by molar-refractivity contribution is 0.0607. The van der Waals surface area contributed by atoms with E-state index < -0.39 is 5.97 Å². The zero-order valence-corrected chi connectivity index (χ0v) is 13.8. The Morgan fingerprint density at radius 3 is 2.48 bits per heavy atom. The number of aromatic nitrogens is 1. The standard InChI is InChI=1S/C17H13ClN2O2S/c1-22-17(21)14-15(19-13-9-7-12(18)8-10-13)20-16(23-14)11-5-3-2-4-6-11/h2-10,19H,1H3. The Morgan fingerprint density at radius 2 is 1.83 bits per heavy atom. The number of hydrogen-bond acceptors (Lipinski definition) is 5. The monoisotopic (exact) mass is 344 g/mol. The van der Waals surface area contributed by atoms with Gasteiger partial charge in [-0.1, -0.05) is 41.9 Å². The molecule has 0 unspecified atom stereocenters. The zero-order valence-electron chi connectivity index (χ0n) is 12.2. The average Bonchev–Trinajstić information content (AvgIpc) is 3.01. The third-order valence-corrected chi connectivity index (χ3v) is 4.46. The molecule has 3 aromatic rings. The number of carbonyl (C=O) groups excluding carboxylic acids is 1. The molecule has 0 radical (unpaired) electrons. The maximum Gasteiger partial charge on any atom is 0.351 e. The average molecular weight is 345 g/mol. The fourth-order valence-electron chi connectivity index (χ4n) is 2.01. The van der Waals surface area contributed by atoms with Gasteiger partial charge in [0.25, 0.3) is 0 Å². The van der Waals surface area contributed by atoms with Crippen LogP contribution in [0.3, 0.4) is 0 Å². The lowest BCUT2D eigenvalue weighted by atomic mass is 10.2. The predicted molar refractivity (Wildman–Crippen MR) is 93.6 cm³/mol. The number of ether oxygens (including phenoxy) is 1. The van der Waals surface area contributed by atoms with E-state index in [9.17, 15) is 4.79 Å². The molecule has 4 nitrogen and oxygen atoms in total. The number of thiazole rings is 1. The summed E-state index contributed by atoms with van der Waals surface area (Å²) in [6.45, 7) is 0. The molecule has 0 saturated carbocycles. The van der Waals surface area contributed by atoms with Crippen LogP contribution < -0.4 is 5.32 Å². The van der Waals surface area contributed by atoms with E-state index in [0.717, 1.165) is 16.3 Å². The Kier molecular flexibility index (Phi) is 4.60. The van der Waals surface area contributed by atoms with E-state index in [0.29, 0.717) is 15.7 Å². The van der Waals surface area contributed by atoms with Crippen LogP contribution in [-0.4, -0.2) is 18.1 Å². The summed E-state index contributed by atoms with van der Waals surface area (Å²) in [6.07, 6.45) is 0. The molecule has 0 bridgehead atoms. The van der Waals surface area contributed by atoms with Gasteiger partial charge in [0.1, 0.15) is 5.01 Å². The molecule has 0 fully saturated rings. The molecular formula is C17H13ClN2O2S. The molecule has 1 heterocycles. The van der Waals surface area contributed by atoms with Crippen LogP contribution in [0.15, 0.2) is 54.6 Å². The largest absolute Gasteiger partial charge is 0.465 e. The second-order valence-corrected chi connectivity index (χ2v) is 6.12. The summed E-state index contributed by atoms with van der Waals surface area (Å²) in [5.41, 5.74) is 1.75. The summed E-state index contributed by atoms with van der Waals surface area (Å²) in [6, 6.07) is 16.9. The van der Waals surface area contributed by atoms with Crippen molar-refractivity contribution >= 4 is 40.4 Å². The van der Waals surface area contributed by atoms with Crippen LogP contribution in [-0.2, 0) is 4.74 Å². The summed E-state index contributed by atoms with van der Waals surface area (Å²) < 4.78 is 4.85. The van der Waals surface area contributed by atoms with Crippen molar-refractivity contribution < 1.29 is 9.53 Å². The number of anilines is 2. The predicted octanol–water partition coefficient (Wildman–Crippen LogP) is 4.99. The molecule has 0 aliphatic carbocycles. The van der Waals surface area contributed by atoms with Crippen LogP contribution >= 0.6 is 22.9 Å². The highest BCUT2D eigenvalue weighted by atomic mass is 35.5. The molecule has 6 heteroatoms. The molecule has 0 atom stereocenters. The number of esters is 1. The third kappa shape index (κ3) is 3.52. The lowest BCUT2D eigenvalue weighted by Gasteiger charge is -2.05. The number of benzene rings is 2. The van der Waals surface area contributed by atoms with Gasteiger partial charge in [0.15, 0.2) is 10.7 Å². The van der Waals surface area contributed by atoms with Gasteiger partial charge in [-0.3, -0.25) is 0 Å². The van der Waals surface area contributed by atoms with E-state index in [4.69, 9.17) is 16.3 Å². The van der Waals surface area contributed by atoms with Crippen LogP contribution in [0.25, 0.3) is 10.6 Å². The number of hydrogen-bond donors (Lipinski definition) is 1. The van der Waals surface area contributed by atoms with Crippen LogP contribution in [0.1, 0.15) is 9.67 Å². The van der Waals surface area contributed by atoms with Gasteiger partial charge in [0, 0.05) is 16.3 Å². The van der Waals surface area contributed by atoms with Gasteiger partial charge >= 0.3 is 5.97 Å². The summed E-state index contributed by atoms with van der Waals surface area (Å²) in [7, 11) is 1.36. The quantitative estimate of drug-likeness (QED) is 0.677. The summed E-state index contributed by atoms with van der Waals surface area (Å²) >= 11 is 7.18. The summed E-state index contributed by atoms with van der Waals surface area (Å²) in [5.74, 6) is 0.0594. The molecule has 0 saturated heterocycles. The molecule has 0 amide bonds. The van der Waals surface area contributed by atoms with Gasteiger partial charge in [0.05, 0.1) is 7.11 Å². The van der Waals surface area contributed by atoms with Crippen molar-refractivity contribution in [3.05, 3.63) is 64.5 Å². The SMILES string of the molecule is COC(=O)c1sc(-c2ccccc2)nc1Nc1ccc(Cl)cc1. The molecule has 2 aromatic carbocycles. The molecule has 1 N–H and O–H groups in total.